The van der Waals surface area contributed by atoms with E-state index in [1.165, 1.54) is 23.3 Å². The summed E-state index contributed by atoms with van der Waals surface area (Å²) < 4.78 is 28.8. The number of fused-ring (bicyclic) bond motifs is 2. The van der Waals surface area contributed by atoms with Crippen LogP contribution in [0.25, 0.3) is 11.1 Å². The number of aryl methyl sites for hydroxylation is 2. The second-order valence-corrected chi connectivity index (χ2v) is 11.5. The van der Waals surface area contributed by atoms with E-state index in [-0.39, 0.29) is 4.90 Å². The van der Waals surface area contributed by atoms with Crippen LogP contribution in [0.5, 0.6) is 0 Å². The number of hydrogen-bond donors (Lipinski definition) is 3. The van der Waals surface area contributed by atoms with Gasteiger partial charge in [0.05, 0.1) is 10.5 Å². The third kappa shape index (κ3) is 4.68. The van der Waals surface area contributed by atoms with E-state index in [0.29, 0.717) is 11.1 Å². The van der Waals surface area contributed by atoms with Crippen LogP contribution in [-0.2, 0) is 41.3 Å². The van der Waals surface area contributed by atoms with Crippen LogP contribution in [0.2, 0.25) is 0 Å². The van der Waals surface area contributed by atoms with Crippen molar-refractivity contribution < 1.29 is 18.3 Å². The molecule has 0 saturated heterocycles. The number of rotatable bonds is 5. The lowest BCUT2D eigenvalue weighted by molar-refractivity contribution is 0.0784. The summed E-state index contributed by atoms with van der Waals surface area (Å²) in [6.07, 6.45) is 9.04. The molecule has 2 aliphatic carbocycles. The zero-order valence-corrected chi connectivity index (χ0v) is 20.7. The largest absolute Gasteiger partial charge is 0.386 e. The third-order valence-corrected chi connectivity index (χ3v) is 8.19. The van der Waals surface area contributed by atoms with Crippen molar-refractivity contribution in [3.63, 3.8) is 0 Å². The van der Waals surface area contributed by atoms with E-state index in [4.69, 9.17) is 0 Å². The lowest BCUT2D eigenvalue weighted by Crippen LogP contribution is -2.35. The van der Waals surface area contributed by atoms with E-state index in [0.717, 1.165) is 60.9 Å². The summed E-state index contributed by atoms with van der Waals surface area (Å²) in [6.45, 7) is 3.18. The highest BCUT2D eigenvalue weighted by Crippen LogP contribution is 2.38. The number of carbonyl (C=O) groups is 1. The molecule has 0 saturated carbocycles. The molecule has 0 bridgehead atoms. The minimum absolute atomic E-state index is 0.0948. The Morgan fingerprint density at radius 1 is 0.914 bits per heavy atom. The van der Waals surface area contributed by atoms with Crippen LogP contribution >= 0.6 is 0 Å². The molecular weight excluding hydrogens is 462 g/mol. The Labute approximate surface area is 205 Å². The van der Waals surface area contributed by atoms with Crippen LogP contribution in [0.1, 0.15) is 54.5 Å². The first-order valence-corrected chi connectivity index (χ1v) is 13.4. The van der Waals surface area contributed by atoms with Crippen molar-refractivity contribution in [2.45, 2.75) is 62.9 Å². The number of urea groups is 1. The van der Waals surface area contributed by atoms with Crippen LogP contribution < -0.4 is 10.0 Å². The average Bonchev–Trinajstić information content (AvgIpc) is 3.48. The minimum Gasteiger partial charge on any atom is -0.386 e. The number of aromatic nitrogens is 1. The number of nitrogens with zero attached hydrogens (tertiary/aromatic N) is 1. The Morgan fingerprint density at radius 3 is 2.14 bits per heavy atom. The van der Waals surface area contributed by atoms with Crippen molar-refractivity contribution in [1.29, 1.82) is 0 Å². The molecule has 0 unspecified atom stereocenters. The van der Waals surface area contributed by atoms with Gasteiger partial charge in [0.1, 0.15) is 0 Å². The molecule has 0 atom stereocenters. The highest BCUT2D eigenvalue weighted by molar-refractivity contribution is 7.90. The van der Waals surface area contributed by atoms with E-state index in [9.17, 15) is 18.3 Å². The van der Waals surface area contributed by atoms with Gasteiger partial charge >= 0.3 is 6.03 Å². The maximum atomic E-state index is 13.3. The number of pyridine rings is 1. The van der Waals surface area contributed by atoms with Crippen molar-refractivity contribution in [2.75, 3.05) is 5.32 Å². The van der Waals surface area contributed by atoms with Crippen molar-refractivity contribution in [3.8, 4) is 11.1 Å². The number of sulfonamides is 1. The van der Waals surface area contributed by atoms with Gasteiger partial charge in [0.25, 0.3) is 10.0 Å². The fourth-order valence-electron chi connectivity index (χ4n) is 5.11. The highest BCUT2D eigenvalue weighted by Gasteiger charge is 2.27. The second kappa shape index (κ2) is 8.77. The maximum absolute atomic E-state index is 13.3. The molecule has 2 aromatic carbocycles. The van der Waals surface area contributed by atoms with Gasteiger partial charge in [-0.25, -0.2) is 17.9 Å². The molecule has 1 aromatic heterocycles. The summed E-state index contributed by atoms with van der Waals surface area (Å²) in [4.78, 5) is 16.9. The number of aliphatic hydroxyl groups is 1. The molecule has 2 aliphatic rings. The van der Waals surface area contributed by atoms with Crippen LogP contribution in [0.3, 0.4) is 0 Å². The Bertz CT molecular complexity index is 1380. The Hall–Kier alpha value is -3.23. The number of anilines is 1. The predicted molar refractivity (Wildman–Crippen MR) is 135 cm³/mol. The average molecular weight is 492 g/mol. The van der Waals surface area contributed by atoms with E-state index < -0.39 is 21.7 Å². The molecule has 1 heterocycles. The summed E-state index contributed by atoms with van der Waals surface area (Å²) in [6, 6.07) is 9.64. The van der Waals surface area contributed by atoms with Gasteiger partial charge in [0, 0.05) is 18.1 Å². The summed E-state index contributed by atoms with van der Waals surface area (Å²) in [5, 5.41) is 13.5. The predicted octanol–water partition coefficient (Wildman–Crippen LogP) is 4.46. The molecule has 0 aliphatic heterocycles. The van der Waals surface area contributed by atoms with Gasteiger partial charge < -0.3 is 10.4 Å². The topological polar surface area (TPSA) is 108 Å². The van der Waals surface area contributed by atoms with E-state index in [1.54, 1.807) is 44.4 Å². The summed E-state index contributed by atoms with van der Waals surface area (Å²) >= 11 is 0. The molecule has 7 nitrogen and oxygen atoms in total. The standard InChI is InChI=1S/C27H29N3O4S/c1-27(2,32)21-14-20(17-9-11-28-12-10-17)15-22(16-21)35(33,34)30-26(31)29-25-23-7-3-5-18(23)13-19-6-4-8-24(19)25/h9-16,32H,3-8H2,1-2H3,(H2,29,30,31). The molecule has 0 fully saturated rings. The quantitative estimate of drug-likeness (QED) is 0.488. The van der Waals surface area contributed by atoms with Crippen LogP contribution in [0.15, 0.2) is 53.7 Å². The smallest absolute Gasteiger partial charge is 0.333 e. The summed E-state index contributed by atoms with van der Waals surface area (Å²) in [5.74, 6) is 0. The number of benzene rings is 2. The SMILES string of the molecule is CC(C)(O)c1cc(-c2ccncc2)cc(S(=O)(=O)NC(=O)Nc2c3c(cc4c2CCC4)CCC3)c1. The van der Waals surface area contributed by atoms with Gasteiger partial charge in [-0.2, -0.15) is 0 Å². The summed E-state index contributed by atoms with van der Waals surface area (Å²) in [5.41, 5.74) is 6.04. The van der Waals surface area contributed by atoms with E-state index >= 15 is 0 Å². The molecule has 35 heavy (non-hydrogen) atoms. The first-order valence-electron chi connectivity index (χ1n) is 11.9. The van der Waals surface area contributed by atoms with Crippen LogP contribution in [0.4, 0.5) is 10.5 Å². The normalized spacial score (nSPS) is 14.9. The number of carbonyl (C=O) groups excluding carboxylic acids is 1. The molecular formula is C27H29N3O4S. The minimum atomic E-state index is -4.21. The van der Waals surface area contributed by atoms with Crippen molar-refractivity contribution in [3.05, 3.63) is 76.6 Å². The first kappa shape index (κ1) is 23.5. The molecule has 0 spiro atoms. The first-order chi connectivity index (χ1) is 16.6. The van der Waals surface area contributed by atoms with Gasteiger partial charge in [0.2, 0.25) is 0 Å². The molecule has 182 valence electrons. The van der Waals surface area contributed by atoms with Gasteiger partial charge in [0.15, 0.2) is 0 Å². The zero-order chi connectivity index (χ0) is 24.8. The number of hydrogen-bond acceptors (Lipinski definition) is 5. The van der Waals surface area contributed by atoms with Crippen LogP contribution in [-0.4, -0.2) is 24.5 Å². The van der Waals surface area contributed by atoms with Crippen molar-refractivity contribution >= 4 is 21.7 Å². The lowest BCUT2D eigenvalue weighted by Gasteiger charge is -2.21. The maximum Gasteiger partial charge on any atom is 0.333 e. The number of amides is 2. The van der Waals surface area contributed by atoms with E-state index in [1.807, 2.05) is 0 Å². The molecule has 3 aromatic rings. The fourth-order valence-corrected chi connectivity index (χ4v) is 6.08. The van der Waals surface area contributed by atoms with E-state index in [2.05, 4.69) is 21.1 Å². The Kier molecular flexibility index (Phi) is 5.89. The van der Waals surface area contributed by atoms with Gasteiger partial charge in [-0.3, -0.25) is 4.98 Å². The fraction of sp³-hybridized carbons (Fsp3) is 0.333. The van der Waals surface area contributed by atoms with Gasteiger partial charge in [-0.15, -0.1) is 0 Å². The number of nitrogens with one attached hydrogen (secondary N) is 2. The third-order valence-electron chi connectivity index (χ3n) is 6.88. The van der Waals surface area contributed by atoms with Gasteiger partial charge in [-0.05, 0) is 122 Å². The van der Waals surface area contributed by atoms with Crippen LogP contribution in [0, 0.1) is 0 Å². The monoisotopic (exact) mass is 491 g/mol. The van der Waals surface area contributed by atoms with Crippen molar-refractivity contribution in [1.82, 2.24) is 9.71 Å². The molecule has 8 heteroatoms. The van der Waals surface area contributed by atoms with Crippen molar-refractivity contribution in [2.24, 2.45) is 0 Å². The Morgan fingerprint density at radius 2 is 1.54 bits per heavy atom. The lowest BCUT2D eigenvalue weighted by atomic mass is 9.94. The summed E-state index contributed by atoms with van der Waals surface area (Å²) in [7, 11) is -4.21. The molecule has 2 amide bonds. The molecule has 3 N–H and O–H groups in total. The zero-order valence-electron chi connectivity index (χ0n) is 19.9. The highest BCUT2D eigenvalue weighted by atomic mass is 32.2. The second-order valence-electron chi connectivity index (χ2n) is 9.83. The van der Waals surface area contributed by atoms with Gasteiger partial charge in [-0.1, -0.05) is 6.07 Å². The Balaban J connectivity index is 1.47. The molecule has 0 radical (unpaired) electrons. The molecule has 5 rings (SSSR count).